The number of aryl methyl sites for hydroxylation is 1. The zero-order valence-electron chi connectivity index (χ0n) is 15.1. The van der Waals surface area contributed by atoms with E-state index in [2.05, 4.69) is 29.1 Å². The number of fused-ring (bicyclic) bond motifs is 1. The summed E-state index contributed by atoms with van der Waals surface area (Å²) in [6.45, 7) is 6.64. The van der Waals surface area contributed by atoms with Gasteiger partial charge in [-0.15, -0.1) is 0 Å². The van der Waals surface area contributed by atoms with Crippen molar-refractivity contribution in [1.29, 1.82) is 0 Å². The van der Waals surface area contributed by atoms with Gasteiger partial charge in [-0.25, -0.2) is 4.98 Å². The van der Waals surface area contributed by atoms with E-state index in [4.69, 9.17) is 0 Å². The topological polar surface area (TPSA) is 79.8 Å². The van der Waals surface area contributed by atoms with Gasteiger partial charge in [-0.2, -0.15) is 0 Å². The molecule has 0 atom stereocenters. The van der Waals surface area contributed by atoms with Crippen LogP contribution in [0.25, 0.3) is 11.0 Å². The number of aromatic nitrogens is 3. The van der Waals surface area contributed by atoms with Gasteiger partial charge in [0.25, 0.3) is 5.56 Å². The minimum absolute atomic E-state index is 0.0209. The third-order valence-corrected chi connectivity index (χ3v) is 5.41. The van der Waals surface area contributed by atoms with E-state index in [-0.39, 0.29) is 17.2 Å². The zero-order valence-corrected chi connectivity index (χ0v) is 15.9. The van der Waals surface area contributed by atoms with Crippen LogP contribution in [0.1, 0.15) is 45.2 Å². The minimum Gasteiger partial charge on any atom is -0.353 e. The van der Waals surface area contributed by atoms with Gasteiger partial charge in [-0.1, -0.05) is 38.5 Å². The first-order valence-corrected chi connectivity index (χ1v) is 9.95. The van der Waals surface area contributed by atoms with Crippen LogP contribution in [-0.2, 0) is 11.3 Å². The fraction of sp³-hybridized carbons (Fsp3) is 0.611. The Hall–Kier alpha value is -1.76. The highest BCUT2D eigenvalue weighted by molar-refractivity contribution is 7.99. The van der Waals surface area contributed by atoms with E-state index in [1.165, 1.54) is 24.6 Å². The highest BCUT2D eigenvalue weighted by Gasteiger charge is 2.19. The van der Waals surface area contributed by atoms with Crippen LogP contribution < -0.4 is 10.9 Å². The highest BCUT2D eigenvalue weighted by atomic mass is 32.2. The molecule has 0 aliphatic heterocycles. The molecule has 1 saturated carbocycles. The Morgan fingerprint density at radius 3 is 2.84 bits per heavy atom. The lowest BCUT2D eigenvalue weighted by molar-refractivity contribution is -0.119. The van der Waals surface area contributed by atoms with E-state index >= 15 is 0 Å². The number of amides is 1. The summed E-state index contributed by atoms with van der Waals surface area (Å²) in [6.07, 6.45) is 4.52. The Morgan fingerprint density at radius 1 is 1.44 bits per heavy atom. The van der Waals surface area contributed by atoms with E-state index in [1.807, 2.05) is 13.0 Å². The summed E-state index contributed by atoms with van der Waals surface area (Å²) in [5.74, 6) is 0.628. The van der Waals surface area contributed by atoms with Crippen LogP contribution in [-0.4, -0.2) is 32.2 Å². The van der Waals surface area contributed by atoms with Gasteiger partial charge in [0, 0.05) is 18.3 Å². The van der Waals surface area contributed by atoms with Crippen molar-refractivity contribution in [3.63, 3.8) is 0 Å². The number of carbonyl (C=O) groups excluding carboxylic acids is 1. The average molecular weight is 362 g/mol. The van der Waals surface area contributed by atoms with Crippen LogP contribution in [0.15, 0.2) is 16.0 Å². The molecule has 2 N–H and O–H groups in total. The molecule has 7 heteroatoms. The third-order valence-electron chi connectivity index (χ3n) is 4.44. The molecule has 0 saturated heterocycles. The average Bonchev–Trinajstić information content (AvgIpc) is 3.17. The SMILES string of the molecule is Cc1cc2nc(SCC(=O)NC3CCCC3)n(CC(C)C)c(=O)c2[nH]1. The first kappa shape index (κ1) is 18.0. The van der Waals surface area contributed by atoms with Crippen molar-refractivity contribution in [2.45, 2.75) is 64.2 Å². The van der Waals surface area contributed by atoms with E-state index < -0.39 is 0 Å². The molecule has 0 bridgehead atoms. The number of carbonyl (C=O) groups is 1. The van der Waals surface area contributed by atoms with E-state index in [0.717, 1.165) is 18.5 Å². The van der Waals surface area contributed by atoms with Gasteiger partial charge >= 0.3 is 0 Å². The molecule has 0 spiro atoms. The van der Waals surface area contributed by atoms with Crippen molar-refractivity contribution >= 4 is 28.7 Å². The van der Waals surface area contributed by atoms with Crippen LogP contribution in [0.5, 0.6) is 0 Å². The second kappa shape index (κ2) is 7.64. The molecule has 1 amide bonds. The first-order valence-electron chi connectivity index (χ1n) is 8.96. The summed E-state index contributed by atoms with van der Waals surface area (Å²) < 4.78 is 1.69. The lowest BCUT2D eigenvalue weighted by Crippen LogP contribution is -2.34. The lowest BCUT2D eigenvalue weighted by atomic mass is 10.2. The standard InChI is InChI=1S/C18H26N4O2S/c1-11(2)9-22-17(24)16-14(8-12(3)19-16)21-18(22)25-10-15(23)20-13-6-4-5-7-13/h8,11,13,19H,4-7,9-10H2,1-3H3,(H,20,23). The van der Waals surface area contributed by atoms with Crippen molar-refractivity contribution in [3.05, 3.63) is 22.1 Å². The molecular formula is C18H26N4O2S. The van der Waals surface area contributed by atoms with Crippen molar-refractivity contribution in [1.82, 2.24) is 19.9 Å². The number of hydrogen-bond acceptors (Lipinski definition) is 4. The Kier molecular flexibility index (Phi) is 5.51. The first-order chi connectivity index (χ1) is 11.9. The molecule has 136 valence electrons. The smallest absolute Gasteiger partial charge is 0.278 e. The zero-order chi connectivity index (χ0) is 18.0. The van der Waals surface area contributed by atoms with Crippen LogP contribution in [0.4, 0.5) is 0 Å². The molecule has 2 heterocycles. The highest BCUT2D eigenvalue weighted by Crippen LogP contribution is 2.21. The Morgan fingerprint density at radius 2 is 2.16 bits per heavy atom. The molecule has 2 aromatic heterocycles. The second-order valence-electron chi connectivity index (χ2n) is 7.25. The molecule has 2 aromatic rings. The van der Waals surface area contributed by atoms with Gasteiger partial charge < -0.3 is 10.3 Å². The maximum atomic E-state index is 12.8. The number of H-pyrrole nitrogens is 1. The number of rotatable bonds is 6. The van der Waals surface area contributed by atoms with Crippen molar-refractivity contribution in [2.75, 3.05) is 5.75 Å². The van der Waals surface area contributed by atoms with E-state index in [0.29, 0.717) is 34.7 Å². The Balaban J connectivity index is 1.80. The molecule has 1 aliphatic rings. The monoisotopic (exact) mass is 362 g/mol. The number of aromatic amines is 1. The third kappa shape index (κ3) is 4.26. The fourth-order valence-corrected chi connectivity index (χ4v) is 4.14. The molecule has 3 rings (SSSR count). The normalized spacial score (nSPS) is 15.4. The van der Waals surface area contributed by atoms with Crippen molar-refractivity contribution in [3.8, 4) is 0 Å². The summed E-state index contributed by atoms with van der Waals surface area (Å²) in [4.78, 5) is 32.7. The largest absolute Gasteiger partial charge is 0.353 e. The molecule has 0 radical (unpaired) electrons. The van der Waals surface area contributed by atoms with E-state index in [1.54, 1.807) is 4.57 Å². The van der Waals surface area contributed by atoms with Gasteiger partial charge in [-0.3, -0.25) is 14.2 Å². The van der Waals surface area contributed by atoms with Gasteiger partial charge in [0.15, 0.2) is 5.16 Å². The summed E-state index contributed by atoms with van der Waals surface area (Å²) >= 11 is 1.34. The van der Waals surface area contributed by atoms with Crippen LogP contribution >= 0.6 is 11.8 Å². The number of nitrogens with one attached hydrogen (secondary N) is 2. The van der Waals surface area contributed by atoms with Crippen molar-refractivity contribution in [2.24, 2.45) is 5.92 Å². The van der Waals surface area contributed by atoms with Gasteiger partial charge in [-0.05, 0) is 31.7 Å². The van der Waals surface area contributed by atoms with Crippen molar-refractivity contribution < 1.29 is 4.79 Å². The molecule has 25 heavy (non-hydrogen) atoms. The second-order valence-corrected chi connectivity index (χ2v) is 8.20. The van der Waals surface area contributed by atoms with Gasteiger partial charge in [0.2, 0.25) is 5.91 Å². The molecule has 6 nitrogen and oxygen atoms in total. The maximum Gasteiger partial charge on any atom is 0.278 e. The Bertz CT molecular complexity index is 818. The van der Waals surface area contributed by atoms with Crippen LogP contribution in [0.2, 0.25) is 0 Å². The molecule has 1 fully saturated rings. The quantitative estimate of drug-likeness (QED) is 0.612. The molecule has 1 aliphatic carbocycles. The maximum absolute atomic E-state index is 12.8. The summed E-state index contributed by atoms with van der Waals surface area (Å²) in [7, 11) is 0. The number of nitrogens with zero attached hydrogens (tertiary/aromatic N) is 2. The van der Waals surface area contributed by atoms with E-state index in [9.17, 15) is 9.59 Å². The van der Waals surface area contributed by atoms with Crippen LogP contribution in [0.3, 0.4) is 0 Å². The predicted octanol–water partition coefficient (Wildman–Crippen LogP) is 2.84. The summed E-state index contributed by atoms with van der Waals surface area (Å²) in [6, 6.07) is 2.19. The lowest BCUT2D eigenvalue weighted by Gasteiger charge is -2.15. The number of thioether (sulfide) groups is 1. The summed E-state index contributed by atoms with van der Waals surface area (Å²) in [5.41, 5.74) is 2.06. The number of hydrogen-bond donors (Lipinski definition) is 2. The van der Waals surface area contributed by atoms with Crippen LogP contribution in [0, 0.1) is 12.8 Å². The van der Waals surface area contributed by atoms with Gasteiger partial charge in [0.05, 0.1) is 11.3 Å². The predicted molar refractivity (Wildman–Crippen MR) is 101 cm³/mol. The Labute approximate surface area is 151 Å². The molecular weight excluding hydrogens is 336 g/mol. The molecule has 0 aromatic carbocycles. The summed E-state index contributed by atoms with van der Waals surface area (Å²) in [5, 5.41) is 3.70. The fourth-order valence-electron chi connectivity index (χ4n) is 3.32. The minimum atomic E-state index is -0.0644. The van der Waals surface area contributed by atoms with Gasteiger partial charge in [0.1, 0.15) is 5.52 Å². The molecule has 0 unspecified atom stereocenters.